The van der Waals surface area contributed by atoms with E-state index in [2.05, 4.69) is 24.1 Å². The monoisotopic (exact) mass is 324 g/mol. The molecule has 0 spiro atoms. The average molecular weight is 324 g/mol. The molecule has 0 aliphatic heterocycles. The molecule has 0 radical (unpaired) electrons. The normalized spacial score (nSPS) is 13.1. The van der Waals surface area contributed by atoms with Crippen molar-refractivity contribution in [2.45, 2.75) is 38.6 Å². The van der Waals surface area contributed by atoms with Crippen LogP contribution >= 0.6 is 11.3 Å². The molecule has 1 heterocycles. The summed E-state index contributed by atoms with van der Waals surface area (Å²) in [6, 6.07) is 6.98. The zero-order valence-corrected chi connectivity index (χ0v) is 14.3. The van der Waals surface area contributed by atoms with Crippen LogP contribution in [0, 0.1) is 13.8 Å². The van der Waals surface area contributed by atoms with Gasteiger partial charge in [0.05, 0.1) is 27.4 Å². The van der Waals surface area contributed by atoms with E-state index in [4.69, 9.17) is 0 Å². The minimum absolute atomic E-state index is 0.0867. The Morgan fingerprint density at radius 3 is 2.33 bits per heavy atom. The summed E-state index contributed by atoms with van der Waals surface area (Å²) in [5.74, 6) is 0.119. The highest BCUT2D eigenvalue weighted by Gasteiger charge is 2.14. The van der Waals surface area contributed by atoms with Crippen molar-refractivity contribution in [2.24, 2.45) is 0 Å². The van der Waals surface area contributed by atoms with Crippen LogP contribution in [0.15, 0.2) is 29.2 Å². The lowest BCUT2D eigenvalue weighted by Crippen LogP contribution is -2.09. The number of thiazole rings is 1. The molecule has 1 unspecified atom stereocenters. The first-order valence-electron chi connectivity index (χ1n) is 6.86. The second kappa shape index (κ2) is 6.15. The highest BCUT2D eigenvalue weighted by atomic mass is 32.2. The molecule has 2 rings (SSSR count). The molecule has 6 heteroatoms. The van der Waals surface area contributed by atoms with Crippen LogP contribution in [0.25, 0.3) is 0 Å². The van der Waals surface area contributed by atoms with Crippen LogP contribution in [-0.4, -0.2) is 19.2 Å². The van der Waals surface area contributed by atoms with Crippen molar-refractivity contribution in [3.63, 3.8) is 0 Å². The number of nitrogens with one attached hydrogen (secondary N) is 1. The van der Waals surface area contributed by atoms with E-state index >= 15 is 0 Å². The Kier molecular flexibility index (Phi) is 4.68. The van der Waals surface area contributed by atoms with Crippen molar-refractivity contribution >= 4 is 26.9 Å². The molecular weight excluding hydrogens is 304 g/mol. The predicted molar refractivity (Wildman–Crippen MR) is 87.8 cm³/mol. The van der Waals surface area contributed by atoms with Crippen molar-refractivity contribution in [1.82, 2.24) is 4.98 Å². The minimum Gasteiger partial charge on any atom is -0.377 e. The fourth-order valence-electron chi connectivity index (χ4n) is 2.19. The summed E-state index contributed by atoms with van der Waals surface area (Å²) in [5, 5.41) is 4.41. The second-order valence-electron chi connectivity index (χ2n) is 4.97. The Morgan fingerprint density at radius 2 is 1.86 bits per heavy atom. The zero-order chi connectivity index (χ0) is 15.6. The van der Waals surface area contributed by atoms with Gasteiger partial charge in [-0.25, -0.2) is 13.4 Å². The molecule has 4 nitrogen and oxygen atoms in total. The van der Waals surface area contributed by atoms with E-state index < -0.39 is 9.84 Å². The summed E-state index contributed by atoms with van der Waals surface area (Å²) >= 11 is 1.69. The van der Waals surface area contributed by atoms with E-state index in [0.29, 0.717) is 4.90 Å². The standard InChI is InChI=1S/C15H20N2O2S2/c1-5-21(18,19)14-8-6-13(7-9-14)16-10(2)15-11(3)20-12(4)17-15/h6-10,16H,5H2,1-4H3. The van der Waals surface area contributed by atoms with Gasteiger partial charge in [0.1, 0.15) is 0 Å². The SMILES string of the molecule is CCS(=O)(=O)c1ccc(NC(C)c2nc(C)sc2C)cc1. The molecule has 2 aromatic rings. The Balaban J connectivity index is 2.15. The molecule has 0 aliphatic carbocycles. The van der Waals surface area contributed by atoms with Crippen LogP contribution in [-0.2, 0) is 9.84 Å². The number of sulfone groups is 1. The van der Waals surface area contributed by atoms with Gasteiger partial charge in [-0.2, -0.15) is 0 Å². The second-order valence-corrected chi connectivity index (χ2v) is 8.65. The number of aryl methyl sites for hydroxylation is 2. The number of hydrogen-bond donors (Lipinski definition) is 1. The minimum atomic E-state index is -3.14. The van der Waals surface area contributed by atoms with Crippen LogP contribution < -0.4 is 5.32 Å². The fourth-order valence-corrected chi connectivity index (χ4v) is 3.99. The molecule has 1 atom stereocenters. The Labute approximate surface area is 130 Å². The first-order valence-corrected chi connectivity index (χ1v) is 9.33. The smallest absolute Gasteiger partial charge is 0.178 e. The van der Waals surface area contributed by atoms with Crippen LogP contribution in [0.5, 0.6) is 0 Å². The molecule has 0 saturated heterocycles. The number of anilines is 1. The summed E-state index contributed by atoms with van der Waals surface area (Å²) in [4.78, 5) is 6.11. The highest BCUT2D eigenvalue weighted by molar-refractivity contribution is 7.91. The Bertz CT molecular complexity index is 719. The maximum absolute atomic E-state index is 11.8. The maximum atomic E-state index is 11.8. The van der Waals surface area contributed by atoms with E-state index in [9.17, 15) is 8.42 Å². The molecule has 0 amide bonds. The van der Waals surface area contributed by atoms with Gasteiger partial charge in [0, 0.05) is 10.6 Å². The molecule has 114 valence electrons. The maximum Gasteiger partial charge on any atom is 0.178 e. The van der Waals surface area contributed by atoms with Gasteiger partial charge in [-0.3, -0.25) is 0 Å². The zero-order valence-electron chi connectivity index (χ0n) is 12.7. The molecule has 1 aromatic heterocycles. The molecule has 0 fully saturated rings. The molecule has 1 N–H and O–H groups in total. The lowest BCUT2D eigenvalue weighted by Gasteiger charge is -2.14. The molecule has 0 bridgehead atoms. The number of hydrogen-bond acceptors (Lipinski definition) is 5. The van der Waals surface area contributed by atoms with Crippen LogP contribution in [0.4, 0.5) is 5.69 Å². The van der Waals surface area contributed by atoms with E-state index in [-0.39, 0.29) is 11.8 Å². The van der Waals surface area contributed by atoms with Gasteiger partial charge in [0.2, 0.25) is 0 Å². The number of nitrogens with zero attached hydrogens (tertiary/aromatic N) is 1. The van der Waals surface area contributed by atoms with Crippen molar-refractivity contribution in [2.75, 3.05) is 11.1 Å². The van der Waals surface area contributed by atoms with Gasteiger partial charge in [0.25, 0.3) is 0 Å². The van der Waals surface area contributed by atoms with E-state index in [1.807, 2.05) is 6.92 Å². The third kappa shape index (κ3) is 3.63. The van der Waals surface area contributed by atoms with Gasteiger partial charge in [-0.1, -0.05) is 6.92 Å². The van der Waals surface area contributed by atoms with Crippen LogP contribution in [0.2, 0.25) is 0 Å². The number of aromatic nitrogens is 1. The van der Waals surface area contributed by atoms with Crippen LogP contribution in [0.1, 0.15) is 35.5 Å². The lowest BCUT2D eigenvalue weighted by molar-refractivity contribution is 0.597. The topological polar surface area (TPSA) is 59.1 Å². The van der Waals surface area contributed by atoms with Crippen molar-refractivity contribution in [1.29, 1.82) is 0 Å². The number of rotatable bonds is 5. The van der Waals surface area contributed by atoms with Crippen molar-refractivity contribution in [3.8, 4) is 0 Å². The summed E-state index contributed by atoms with van der Waals surface area (Å²) in [5.41, 5.74) is 1.94. The van der Waals surface area contributed by atoms with Gasteiger partial charge in [-0.15, -0.1) is 11.3 Å². The Hall–Kier alpha value is -1.40. The van der Waals surface area contributed by atoms with Gasteiger partial charge < -0.3 is 5.32 Å². The van der Waals surface area contributed by atoms with Crippen molar-refractivity contribution in [3.05, 3.63) is 39.8 Å². The van der Waals surface area contributed by atoms with Crippen molar-refractivity contribution < 1.29 is 8.42 Å². The summed E-state index contributed by atoms with van der Waals surface area (Å²) in [6.45, 7) is 7.77. The third-order valence-electron chi connectivity index (χ3n) is 3.33. The Morgan fingerprint density at radius 1 is 1.24 bits per heavy atom. The quantitative estimate of drug-likeness (QED) is 0.910. The summed E-state index contributed by atoms with van der Waals surface area (Å²) < 4.78 is 23.5. The van der Waals surface area contributed by atoms with E-state index in [0.717, 1.165) is 16.4 Å². The summed E-state index contributed by atoms with van der Waals surface area (Å²) in [6.07, 6.45) is 0. The van der Waals surface area contributed by atoms with Gasteiger partial charge in [0.15, 0.2) is 9.84 Å². The third-order valence-corrected chi connectivity index (χ3v) is 5.98. The van der Waals surface area contributed by atoms with E-state index in [1.165, 1.54) is 4.88 Å². The van der Waals surface area contributed by atoms with Gasteiger partial charge >= 0.3 is 0 Å². The van der Waals surface area contributed by atoms with E-state index in [1.54, 1.807) is 42.5 Å². The highest BCUT2D eigenvalue weighted by Crippen LogP contribution is 2.26. The molecule has 1 aromatic carbocycles. The lowest BCUT2D eigenvalue weighted by atomic mass is 10.2. The van der Waals surface area contributed by atoms with Gasteiger partial charge in [-0.05, 0) is 45.0 Å². The molecule has 0 saturated carbocycles. The molecule has 0 aliphatic rings. The largest absolute Gasteiger partial charge is 0.377 e. The summed E-state index contributed by atoms with van der Waals surface area (Å²) in [7, 11) is -3.14. The fraction of sp³-hybridized carbons (Fsp3) is 0.400. The molecule has 21 heavy (non-hydrogen) atoms. The molecular formula is C15H20N2O2S2. The first-order chi connectivity index (χ1) is 9.83. The predicted octanol–water partition coefficient (Wildman–Crippen LogP) is 3.73. The first kappa shape index (κ1) is 16.0. The van der Waals surface area contributed by atoms with Crippen LogP contribution in [0.3, 0.4) is 0 Å². The number of benzene rings is 1. The average Bonchev–Trinajstić information content (AvgIpc) is 2.78.